The molecule has 2 heterocycles. The van der Waals surface area contributed by atoms with Crippen LogP contribution in [0.25, 0.3) is 11.1 Å². The first-order chi connectivity index (χ1) is 14.4. The van der Waals surface area contributed by atoms with Gasteiger partial charge in [0.25, 0.3) is 0 Å². The third-order valence-corrected chi connectivity index (χ3v) is 8.70. The Hall–Kier alpha value is -2.46. The van der Waals surface area contributed by atoms with Crippen molar-refractivity contribution in [2.75, 3.05) is 0 Å². The molecule has 4 nitrogen and oxygen atoms in total. The minimum atomic E-state index is 0.166. The molecule has 2 aliphatic heterocycles. The van der Waals surface area contributed by atoms with E-state index in [4.69, 9.17) is 0 Å². The summed E-state index contributed by atoms with van der Waals surface area (Å²) in [6.07, 6.45) is 0. The lowest BCUT2D eigenvalue weighted by molar-refractivity contribution is 1.27. The van der Waals surface area contributed by atoms with Crippen LogP contribution in [0.2, 0.25) is 0 Å². The van der Waals surface area contributed by atoms with Crippen molar-refractivity contribution in [2.45, 2.75) is 27.7 Å². The Labute approximate surface area is 193 Å². The van der Waals surface area contributed by atoms with E-state index in [1.165, 1.54) is 8.47 Å². The molecule has 0 unspecified atom stereocenters. The van der Waals surface area contributed by atoms with Crippen molar-refractivity contribution < 1.29 is 0 Å². The Morgan fingerprint density at radius 2 is 0.767 bits per heavy atom. The minimum absolute atomic E-state index is 0.166. The molecule has 0 aromatic heterocycles. The van der Waals surface area contributed by atoms with Gasteiger partial charge in [0.15, 0.2) is 0 Å². The van der Waals surface area contributed by atoms with Crippen LogP contribution in [0.1, 0.15) is 49.9 Å². The normalized spacial score (nSPS) is 13.6. The van der Waals surface area contributed by atoms with Gasteiger partial charge in [-0.05, 0) is 49.3 Å². The number of hydrogen-bond acceptors (Lipinski definition) is 8. The highest BCUT2D eigenvalue weighted by atomic mass is 32.2. The number of nitriles is 4. The summed E-state index contributed by atoms with van der Waals surface area (Å²) >= 11 is 7.28. The summed E-state index contributed by atoms with van der Waals surface area (Å²) in [5, 5.41) is 46.7. The van der Waals surface area contributed by atoms with Gasteiger partial charge in [0, 0.05) is 10.4 Å². The van der Waals surface area contributed by atoms with E-state index >= 15 is 0 Å². The van der Waals surface area contributed by atoms with Crippen LogP contribution in [0.3, 0.4) is 0 Å². The summed E-state index contributed by atoms with van der Waals surface area (Å²) in [7, 11) is 0. The number of rotatable bonds is 0. The number of benzene rings is 1. The molecule has 1 aromatic carbocycles. The van der Waals surface area contributed by atoms with Crippen LogP contribution in [-0.2, 0) is 0 Å². The predicted octanol–water partition coefficient (Wildman–Crippen LogP) is 5.57. The van der Waals surface area contributed by atoms with E-state index in [2.05, 4.69) is 21.6 Å². The number of thioether (sulfide) groups is 4. The maximum atomic E-state index is 9.35. The summed E-state index contributed by atoms with van der Waals surface area (Å²) in [6.45, 7) is 7.01. The summed E-state index contributed by atoms with van der Waals surface area (Å²) in [4.78, 5) is 0. The van der Waals surface area contributed by atoms with Gasteiger partial charge in [-0.1, -0.05) is 58.2 Å². The third kappa shape index (κ3) is 4.99. The molecular weight excluding hydrogens is 449 g/mol. The zero-order valence-electron chi connectivity index (χ0n) is 16.7. The standard InChI is InChI=1S/C16H12N4.C6H4S4/c1-9(2)15-11(5-17)13(7-19)16(10(3)4)14(8-20)12(15)6-18;1-2-8-5(7-1)6-9-3-4-10-6/h1-4H3;1-4H. The smallest absolute Gasteiger partial charge is 0.101 e. The van der Waals surface area contributed by atoms with Gasteiger partial charge in [0.05, 0.1) is 30.7 Å². The van der Waals surface area contributed by atoms with Crippen LogP contribution in [0, 0.1) is 45.3 Å². The van der Waals surface area contributed by atoms with Crippen molar-refractivity contribution in [3.05, 3.63) is 62.8 Å². The quantitative estimate of drug-likeness (QED) is 0.492. The predicted molar refractivity (Wildman–Crippen MR) is 130 cm³/mol. The Morgan fingerprint density at radius 3 is 0.933 bits per heavy atom. The van der Waals surface area contributed by atoms with Gasteiger partial charge in [-0.15, -0.1) is 0 Å². The molecule has 30 heavy (non-hydrogen) atoms. The lowest BCUT2D eigenvalue weighted by Gasteiger charge is -2.07. The van der Waals surface area contributed by atoms with E-state index in [0.717, 1.165) is 11.1 Å². The van der Waals surface area contributed by atoms with E-state index in [1.54, 1.807) is 27.7 Å². The largest absolute Gasteiger partial charge is 0.192 e. The Kier molecular flexibility index (Phi) is 8.79. The lowest BCUT2D eigenvalue weighted by atomic mass is 9.91. The van der Waals surface area contributed by atoms with E-state index in [1.807, 2.05) is 71.3 Å². The second-order valence-corrected chi connectivity index (χ2v) is 10.5. The molecular formula is C22H16N4S4. The van der Waals surface area contributed by atoms with Crippen molar-refractivity contribution in [1.82, 2.24) is 0 Å². The van der Waals surface area contributed by atoms with Crippen molar-refractivity contribution in [2.24, 2.45) is 0 Å². The van der Waals surface area contributed by atoms with Crippen molar-refractivity contribution >= 4 is 58.2 Å². The fourth-order valence-electron chi connectivity index (χ4n) is 2.80. The monoisotopic (exact) mass is 464 g/mol. The highest BCUT2D eigenvalue weighted by molar-refractivity contribution is 8.33. The fourth-order valence-corrected chi connectivity index (χ4v) is 6.84. The molecule has 1 aromatic rings. The first kappa shape index (κ1) is 23.8. The van der Waals surface area contributed by atoms with Crippen molar-refractivity contribution in [3.63, 3.8) is 0 Å². The Morgan fingerprint density at radius 1 is 0.533 bits per heavy atom. The molecule has 2 aliphatic rings. The number of nitrogens with zero attached hydrogens (tertiary/aromatic N) is 4. The van der Waals surface area contributed by atoms with Crippen LogP contribution in [0.5, 0.6) is 0 Å². The first-order valence-corrected chi connectivity index (χ1v) is 12.1. The molecule has 8 heteroatoms. The maximum absolute atomic E-state index is 9.35. The van der Waals surface area contributed by atoms with Gasteiger partial charge in [0.1, 0.15) is 24.3 Å². The summed E-state index contributed by atoms with van der Waals surface area (Å²) in [6, 6.07) is 8.00. The second kappa shape index (κ2) is 11.1. The van der Waals surface area contributed by atoms with Crippen LogP contribution in [-0.4, -0.2) is 0 Å². The van der Waals surface area contributed by atoms with E-state index in [0.29, 0.717) is 10.4 Å². The molecule has 0 fully saturated rings. The molecule has 0 aliphatic carbocycles. The van der Waals surface area contributed by atoms with Crippen molar-refractivity contribution in [3.8, 4) is 24.3 Å². The molecule has 0 saturated carbocycles. The lowest BCUT2D eigenvalue weighted by Crippen LogP contribution is -2.28. The molecule has 0 radical (unpaired) electrons. The SMILES string of the molecule is C1=CSC(=C2SC=CS2)S1.CC(C)=c1c(C#N)c(C#N)c(=C(C)C)c(C#N)c1C#N. The first-order valence-electron chi connectivity index (χ1n) is 8.57. The molecule has 0 spiro atoms. The molecule has 148 valence electrons. The maximum Gasteiger partial charge on any atom is 0.101 e. The molecule has 0 N–H and O–H groups in total. The summed E-state index contributed by atoms with van der Waals surface area (Å²) < 4.78 is 2.86. The molecule has 0 bridgehead atoms. The highest BCUT2D eigenvalue weighted by Crippen LogP contribution is 2.50. The topological polar surface area (TPSA) is 95.2 Å². The average Bonchev–Trinajstić information content (AvgIpc) is 3.44. The summed E-state index contributed by atoms with van der Waals surface area (Å²) in [5.74, 6) is 0. The molecule has 3 rings (SSSR count). The molecule has 0 saturated heterocycles. The van der Waals surface area contributed by atoms with Crippen molar-refractivity contribution in [1.29, 1.82) is 21.0 Å². The highest BCUT2D eigenvalue weighted by Gasteiger charge is 2.18. The van der Waals surface area contributed by atoms with E-state index in [-0.39, 0.29) is 22.3 Å². The van der Waals surface area contributed by atoms with Gasteiger partial charge in [-0.3, -0.25) is 0 Å². The zero-order chi connectivity index (χ0) is 22.3. The second-order valence-electron chi connectivity index (χ2n) is 6.29. The van der Waals surface area contributed by atoms with Crippen LogP contribution in [0.15, 0.2) is 30.1 Å². The fraction of sp³-hybridized carbons (Fsp3) is 0.182. The van der Waals surface area contributed by atoms with E-state index < -0.39 is 0 Å². The van der Waals surface area contributed by atoms with E-state index in [9.17, 15) is 21.0 Å². The third-order valence-electron chi connectivity index (χ3n) is 3.93. The molecule has 0 amide bonds. The van der Waals surface area contributed by atoms with Gasteiger partial charge in [-0.25, -0.2) is 0 Å². The zero-order valence-corrected chi connectivity index (χ0v) is 20.0. The average molecular weight is 465 g/mol. The van der Waals surface area contributed by atoms with Gasteiger partial charge in [-0.2, -0.15) is 21.0 Å². The van der Waals surface area contributed by atoms with Crippen LogP contribution in [0.4, 0.5) is 0 Å². The molecule has 0 atom stereocenters. The van der Waals surface area contributed by atoms with Crippen LogP contribution < -0.4 is 10.4 Å². The van der Waals surface area contributed by atoms with Crippen LogP contribution >= 0.6 is 47.0 Å². The summed E-state index contributed by atoms with van der Waals surface area (Å²) in [5.41, 5.74) is 2.12. The van der Waals surface area contributed by atoms with Gasteiger partial charge < -0.3 is 0 Å². The Bertz CT molecular complexity index is 1090. The Balaban J connectivity index is 0.000000263. The minimum Gasteiger partial charge on any atom is -0.192 e. The number of hydrogen-bond donors (Lipinski definition) is 0. The van der Waals surface area contributed by atoms with Gasteiger partial charge >= 0.3 is 0 Å². The van der Waals surface area contributed by atoms with Gasteiger partial charge in [0.2, 0.25) is 0 Å².